The molecule has 0 heterocycles. The molecule has 4 N–H and O–H groups in total. The highest BCUT2D eigenvalue weighted by atomic mass is 16.5. The minimum Gasteiger partial charge on any atom is -0.445 e. The van der Waals surface area contributed by atoms with Crippen LogP contribution in [0.15, 0.2) is 48.5 Å². The summed E-state index contributed by atoms with van der Waals surface area (Å²) >= 11 is 0. The Morgan fingerprint density at radius 3 is 2.26 bits per heavy atom. The van der Waals surface area contributed by atoms with Crippen molar-refractivity contribution >= 4 is 11.8 Å². The van der Waals surface area contributed by atoms with E-state index >= 15 is 0 Å². The van der Waals surface area contributed by atoms with Crippen LogP contribution in [0.5, 0.6) is 0 Å². The van der Waals surface area contributed by atoms with Gasteiger partial charge in [-0.3, -0.25) is 0 Å². The van der Waals surface area contributed by atoms with Crippen molar-refractivity contribution in [1.29, 1.82) is 0 Å². The van der Waals surface area contributed by atoms with Gasteiger partial charge in [-0.05, 0) is 35.2 Å². The Bertz CT molecular complexity index is 565. The van der Waals surface area contributed by atoms with E-state index in [4.69, 9.17) is 16.2 Å². The number of anilines is 1. The zero-order valence-corrected chi connectivity index (χ0v) is 10.5. The summed E-state index contributed by atoms with van der Waals surface area (Å²) in [6.07, 6.45) is 0.000705. The fraction of sp³-hybridized carbons (Fsp3) is 0.133. The molecule has 0 aliphatic heterocycles. The summed E-state index contributed by atoms with van der Waals surface area (Å²) in [6.45, 7) is 0.195. The zero-order valence-electron chi connectivity index (χ0n) is 10.5. The summed E-state index contributed by atoms with van der Waals surface area (Å²) in [7, 11) is 0. The lowest BCUT2D eigenvalue weighted by Crippen LogP contribution is -2.13. The van der Waals surface area contributed by atoms with Crippen LogP contribution >= 0.6 is 0 Å². The van der Waals surface area contributed by atoms with Gasteiger partial charge in [0.05, 0.1) is 0 Å². The Hall–Kier alpha value is -2.49. The molecule has 0 spiro atoms. The fourth-order valence-electron chi connectivity index (χ4n) is 1.88. The first-order valence-electron chi connectivity index (χ1n) is 5.98. The summed E-state index contributed by atoms with van der Waals surface area (Å²) in [6, 6.07) is 15.5. The zero-order chi connectivity index (χ0) is 13.7. The number of amides is 1. The van der Waals surface area contributed by atoms with Crippen LogP contribution in [-0.2, 0) is 17.8 Å². The van der Waals surface area contributed by atoms with Gasteiger partial charge in [0, 0.05) is 5.69 Å². The molecule has 0 bridgehead atoms. The Kier molecular flexibility index (Phi) is 4.03. The monoisotopic (exact) mass is 256 g/mol. The molecular weight excluding hydrogens is 240 g/mol. The first kappa shape index (κ1) is 13.0. The van der Waals surface area contributed by atoms with E-state index in [-0.39, 0.29) is 6.61 Å². The minimum absolute atomic E-state index is 0.195. The topological polar surface area (TPSA) is 78.3 Å². The van der Waals surface area contributed by atoms with Crippen molar-refractivity contribution in [2.45, 2.75) is 13.0 Å². The van der Waals surface area contributed by atoms with Gasteiger partial charge in [-0.1, -0.05) is 36.4 Å². The van der Waals surface area contributed by atoms with Gasteiger partial charge in [0.2, 0.25) is 0 Å². The predicted molar refractivity (Wildman–Crippen MR) is 74.5 cm³/mol. The maximum Gasteiger partial charge on any atom is 0.404 e. The van der Waals surface area contributed by atoms with Crippen molar-refractivity contribution in [2.24, 2.45) is 5.73 Å². The summed E-state index contributed by atoms with van der Waals surface area (Å²) < 4.78 is 4.84. The fourth-order valence-corrected chi connectivity index (χ4v) is 1.88. The van der Waals surface area contributed by atoms with Crippen LogP contribution in [0.2, 0.25) is 0 Å². The Morgan fingerprint density at radius 1 is 1.00 bits per heavy atom. The summed E-state index contributed by atoms with van der Waals surface area (Å²) in [5.74, 6) is 0. The highest BCUT2D eigenvalue weighted by Gasteiger charge is 2.05. The van der Waals surface area contributed by atoms with E-state index in [1.54, 1.807) is 0 Å². The lowest BCUT2D eigenvalue weighted by molar-refractivity contribution is 0.150. The van der Waals surface area contributed by atoms with Crippen LogP contribution in [0, 0.1) is 0 Å². The van der Waals surface area contributed by atoms with Gasteiger partial charge in [-0.2, -0.15) is 0 Å². The van der Waals surface area contributed by atoms with E-state index in [1.165, 1.54) is 0 Å². The summed E-state index contributed by atoms with van der Waals surface area (Å²) in [5.41, 5.74) is 14.6. The third-order valence-electron chi connectivity index (χ3n) is 2.86. The molecule has 2 aromatic carbocycles. The van der Waals surface area contributed by atoms with E-state index in [2.05, 4.69) is 0 Å². The minimum atomic E-state index is -0.762. The molecule has 0 aliphatic rings. The van der Waals surface area contributed by atoms with Gasteiger partial charge in [-0.15, -0.1) is 0 Å². The van der Waals surface area contributed by atoms with E-state index in [0.29, 0.717) is 0 Å². The number of carbonyl (C=O) groups is 1. The summed E-state index contributed by atoms with van der Waals surface area (Å²) in [4.78, 5) is 10.7. The second-order valence-electron chi connectivity index (χ2n) is 4.29. The normalized spacial score (nSPS) is 10.1. The molecule has 98 valence electrons. The summed E-state index contributed by atoms with van der Waals surface area (Å²) in [5, 5.41) is 0. The van der Waals surface area contributed by atoms with E-state index in [9.17, 15) is 4.79 Å². The van der Waals surface area contributed by atoms with Crippen molar-refractivity contribution in [2.75, 3.05) is 5.73 Å². The molecule has 0 saturated carbocycles. The molecule has 1 amide bonds. The molecule has 2 rings (SSSR count). The molecule has 4 nitrogen and oxygen atoms in total. The Morgan fingerprint density at radius 2 is 1.63 bits per heavy atom. The van der Waals surface area contributed by atoms with Crippen LogP contribution in [-0.4, -0.2) is 6.09 Å². The number of carbonyl (C=O) groups excluding carboxylic acids is 1. The van der Waals surface area contributed by atoms with Crippen LogP contribution in [0.25, 0.3) is 0 Å². The number of ether oxygens (including phenoxy) is 1. The quantitative estimate of drug-likeness (QED) is 0.825. The number of hydrogen-bond donors (Lipinski definition) is 2. The Labute approximate surface area is 112 Å². The molecule has 0 saturated heterocycles. The number of benzene rings is 2. The molecule has 0 atom stereocenters. The SMILES string of the molecule is NC(=O)OCc1ccccc1Cc1ccc(N)cc1. The van der Waals surface area contributed by atoms with Crippen molar-refractivity contribution in [1.82, 2.24) is 0 Å². The van der Waals surface area contributed by atoms with Crippen molar-refractivity contribution in [3.05, 3.63) is 65.2 Å². The van der Waals surface area contributed by atoms with Crippen LogP contribution in [0.1, 0.15) is 16.7 Å². The van der Waals surface area contributed by atoms with Gasteiger partial charge < -0.3 is 16.2 Å². The average Bonchev–Trinajstić information content (AvgIpc) is 2.40. The predicted octanol–water partition coefficient (Wildman–Crippen LogP) is 2.45. The van der Waals surface area contributed by atoms with E-state index in [0.717, 1.165) is 28.8 Å². The third kappa shape index (κ3) is 3.74. The molecule has 19 heavy (non-hydrogen) atoms. The maximum absolute atomic E-state index is 10.7. The van der Waals surface area contributed by atoms with E-state index in [1.807, 2.05) is 48.5 Å². The van der Waals surface area contributed by atoms with Crippen LogP contribution in [0.3, 0.4) is 0 Å². The standard InChI is InChI=1S/C15H16N2O2/c16-14-7-5-11(6-8-14)9-12-3-1-2-4-13(12)10-19-15(17)18/h1-8H,9-10,16H2,(H2,17,18). The molecule has 4 heteroatoms. The van der Waals surface area contributed by atoms with Gasteiger partial charge in [-0.25, -0.2) is 4.79 Å². The molecule has 0 radical (unpaired) electrons. The number of rotatable bonds is 4. The van der Waals surface area contributed by atoms with Gasteiger partial charge in [0.15, 0.2) is 0 Å². The maximum atomic E-state index is 10.7. The Balaban J connectivity index is 2.15. The molecule has 0 fully saturated rings. The molecule has 0 aliphatic carbocycles. The van der Waals surface area contributed by atoms with Crippen molar-refractivity contribution in [3.8, 4) is 0 Å². The van der Waals surface area contributed by atoms with Crippen molar-refractivity contribution < 1.29 is 9.53 Å². The van der Waals surface area contributed by atoms with Crippen LogP contribution < -0.4 is 11.5 Å². The highest BCUT2D eigenvalue weighted by Crippen LogP contribution is 2.16. The first-order valence-corrected chi connectivity index (χ1v) is 5.98. The average molecular weight is 256 g/mol. The first-order chi connectivity index (χ1) is 9.15. The molecule has 0 aromatic heterocycles. The third-order valence-corrected chi connectivity index (χ3v) is 2.86. The number of nitrogen functional groups attached to an aromatic ring is 1. The number of nitrogens with two attached hydrogens (primary N) is 2. The highest BCUT2D eigenvalue weighted by molar-refractivity contribution is 5.64. The lowest BCUT2D eigenvalue weighted by atomic mass is 10.00. The lowest BCUT2D eigenvalue weighted by Gasteiger charge is -2.09. The number of primary amides is 1. The largest absolute Gasteiger partial charge is 0.445 e. The van der Waals surface area contributed by atoms with Gasteiger partial charge in [0.1, 0.15) is 6.61 Å². The van der Waals surface area contributed by atoms with E-state index < -0.39 is 6.09 Å². The second kappa shape index (κ2) is 5.91. The number of hydrogen-bond acceptors (Lipinski definition) is 3. The van der Waals surface area contributed by atoms with Crippen molar-refractivity contribution in [3.63, 3.8) is 0 Å². The second-order valence-corrected chi connectivity index (χ2v) is 4.29. The van der Waals surface area contributed by atoms with Crippen LogP contribution in [0.4, 0.5) is 10.5 Å². The van der Waals surface area contributed by atoms with Gasteiger partial charge >= 0.3 is 6.09 Å². The van der Waals surface area contributed by atoms with Gasteiger partial charge in [0.25, 0.3) is 0 Å². The molecular formula is C15H16N2O2. The smallest absolute Gasteiger partial charge is 0.404 e. The molecule has 0 unspecified atom stereocenters. The molecule has 2 aromatic rings.